The van der Waals surface area contributed by atoms with Gasteiger partial charge in [-0.3, -0.25) is 14.5 Å². The van der Waals surface area contributed by atoms with Crippen molar-refractivity contribution >= 4 is 40.7 Å². The standard InChI is InChI=1S/C17H18N4O4S/c22-14-9-18-16(24)21(14)11-5-7-20(8-6-11)15(23)10-26-17-19-12-3-1-2-4-13(12)25-17/h1-4,11H,5-10H2,(H,18,24). The highest BCUT2D eigenvalue weighted by Crippen LogP contribution is 2.24. The number of imide groups is 1. The number of carbonyl (C=O) groups excluding carboxylic acids is 3. The van der Waals surface area contributed by atoms with E-state index in [9.17, 15) is 14.4 Å². The third-order valence-corrected chi connectivity index (χ3v) is 5.47. The second-order valence-corrected chi connectivity index (χ2v) is 7.20. The van der Waals surface area contributed by atoms with Gasteiger partial charge in [0.15, 0.2) is 5.58 Å². The van der Waals surface area contributed by atoms with Crippen molar-refractivity contribution in [3.63, 3.8) is 0 Å². The molecule has 0 saturated carbocycles. The van der Waals surface area contributed by atoms with Crippen LogP contribution in [0, 0.1) is 0 Å². The molecule has 0 aliphatic carbocycles. The smallest absolute Gasteiger partial charge is 0.324 e. The van der Waals surface area contributed by atoms with Crippen LogP contribution in [0.4, 0.5) is 4.79 Å². The van der Waals surface area contributed by atoms with Crippen LogP contribution in [0.1, 0.15) is 12.8 Å². The maximum atomic E-state index is 12.4. The van der Waals surface area contributed by atoms with Crippen LogP contribution in [0.25, 0.3) is 11.1 Å². The number of thioether (sulfide) groups is 1. The minimum Gasteiger partial charge on any atom is -0.431 e. The number of oxazole rings is 1. The van der Waals surface area contributed by atoms with Crippen LogP contribution in [-0.4, -0.2) is 64.1 Å². The van der Waals surface area contributed by atoms with Gasteiger partial charge in [-0.1, -0.05) is 23.9 Å². The number of urea groups is 1. The lowest BCUT2D eigenvalue weighted by molar-refractivity contribution is -0.131. The zero-order valence-electron chi connectivity index (χ0n) is 14.0. The van der Waals surface area contributed by atoms with E-state index in [4.69, 9.17) is 4.42 Å². The highest BCUT2D eigenvalue weighted by molar-refractivity contribution is 7.99. The first-order valence-electron chi connectivity index (χ1n) is 8.48. The molecule has 3 heterocycles. The molecule has 4 amide bonds. The summed E-state index contributed by atoms with van der Waals surface area (Å²) in [5.74, 6) is 0.0693. The van der Waals surface area contributed by atoms with Crippen LogP contribution >= 0.6 is 11.8 Å². The molecular weight excluding hydrogens is 356 g/mol. The molecule has 0 unspecified atom stereocenters. The zero-order valence-corrected chi connectivity index (χ0v) is 14.8. The van der Waals surface area contributed by atoms with E-state index < -0.39 is 0 Å². The molecule has 136 valence electrons. The Morgan fingerprint density at radius 3 is 2.73 bits per heavy atom. The molecule has 8 nitrogen and oxygen atoms in total. The predicted octanol–water partition coefficient (Wildman–Crippen LogP) is 1.46. The van der Waals surface area contributed by atoms with Crippen LogP contribution in [0.15, 0.2) is 33.9 Å². The number of piperidine rings is 1. The Hall–Kier alpha value is -2.55. The number of nitrogens with zero attached hydrogens (tertiary/aromatic N) is 3. The summed E-state index contributed by atoms with van der Waals surface area (Å²) in [5.41, 5.74) is 1.48. The second-order valence-electron chi connectivity index (χ2n) is 6.27. The van der Waals surface area contributed by atoms with Gasteiger partial charge in [-0.15, -0.1) is 0 Å². The van der Waals surface area contributed by atoms with E-state index in [1.165, 1.54) is 16.7 Å². The Morgan fingerprint density at radius 2 is 2.04 bits per heavy atom. The molecule has 2 aliphatic rings. The number of carbonyl (C=O) groups is 3. The molecule has 2 fully saturated rings. The summed E-state index contributed by atoms with van der Waals surface area (Å²) < 4.78 is 5.61. The molecule has 2 aromatic rings. The molecule has 4 rings (SSSR count). The summed E-state index contributed by atoms with van der Waals surface area (Å²) in [5, 5.41) is 3.02. The molecule has 0 radical (unpaired) electrons. The Morgan fingerprint density at radius 1 is 1.27 bits per heavy atom. The monoisotopic (exact) mass is 374 g/mol. The average Bonchev–Trinajstić information content (AvgIpc) is 3.22. The fourth-order valence-electron chi connectivity index (χ4n) is 3.31. The van der Waals surface area contributed by atoms with E-state index in [0.717, 1.165) is 5.52 Å². The molecule has 1 aromatic carbocycles. The molecule has 0 spiro atoms. The van der Waals surface area contributed by atoms with E-state index in [1.807, 2.05) is 24.3 Å². The minimum absolute atomic E-state index is 0.00732. The van der Waals surface area contributed by atoms with Crippen molar-refractivity contribution in [3.8, 4) is 0 Å². The summed E-state index contributed by atoms with van der Waals surface area (Å²) in [4.78, 5) is 43.3. The van der Waals surface area contributed by atoms with E-state index in [2.05, 4.69) is 10.3 Å². The molecule has 9 heteroatoms. The zero-order chi connectivity index (χ0) is 18.1. The van der Waals surface area contributed by atoms with Crippen molar-refractivity contribution in [2.24, 2.45) is 0 Å². The summed E-state index contributed by atoms with van der Waals surface area (Å²) >= 11 is 1.28. The Labute approximate surface area is 153 Å². The number of likely N-dealkylation sites (tertiary alicyclic amines) is 1. The number of rotatable bonds is 4. The Bertz CT molecular complexity index is 810. The van der Waals surface area contributed by atoms with Gasteiger partial charge in [0.1, 0.15) is 5.52 Å². The number of amides is 4. The highest BCUT2D eigenvalue weighted by atomic mass is 32.2. The molecule has 0 atom stereocenters. The normalized spacial score (nSPS) is 18.6. The van der Waals surface area contributed by atoms with E-state index in [1.54, 1.807) is 4.90 Å². The van der Waals surface area contributed by atoms with Crippen LogP contribution in [0.3, 0.4) is 0 Å². The largest absolute Gasteiger partial charge is 0.431 e. The van der Waals surface area contributed by atoms with Crippen LogP contribution < -0.4 is 5.32 Å². The molecule has 26 heavy (non-hydrogen) atoms. The molecule has 0 bridgehead atoms. The fourth-order valence-corrected chi connectivity index (χ4v) is 4.05. The predicted molar refractivity (Wildman–Crippen MR) is 94.6 cm³/mol. The van der Waals surface area contributed by atoms with E-state index in [0.29, 0.717) is 36.7 Å². The maximum absolute atomic E-state index is 12.4. The lowest BCUT2D eigenvalue weighted by Crippen LogP contribution is -2.49. The molecular formula is C17H18N4O4S. The first kappa shape index (κ1) is 16.9. The number of hydrogen-bond donors (Lipinski definition) is 1. The van der Waals surface area contributed by atoms with Crippen LogP contribution in [-0.2, 0) is 9.59 Å². The van der Waals surface area contributed by atoms with Gasteiger partial charge in [0, 0.05) is 19.1 Å². The van der Waals surface area contributed by atoms with Gasteiger partial charge in [0.25, 0.3) is 5.22 Å². The van der Waals surface area contributed by atoms with Gasteiger partial charge in [0.2, 0.25) is 11.8 Å². The quantitative estimate of drug-likeness (QED) is 0.643. The highest BCUT2D eigenvalue weighted by Gasteiger charge is 2.37. The number of aromatic nitrogens is 1. The molecule has 1 aromatic heterocycles. The summed E-state index contributed by atoms with van der Waals surface area (Å²) in [6.07, 6.45) is 1.22. The van der Waals surface area contributed by atoms with E-state index in [-0.39, 0.29) is 36.2 Å². The third kappa shape index (κ3) is 3.26. The SMILES string of the molecule is O=C(CSc1nc2ccccc2o1)N1CCC(N2C(=O)CNC2=O)CC1. The van der Waals surface area contributed by atoms with Crippen molar-refractivity contribution in [2.75, 3.05) is 25.4 Å². The van der Waals surface area contributed by atoms with Crippen molar-refractivity contribution in [3.05, 3.63) is 24.3 Å². The van der Waals surface area contributed by atoms with E-state index >= 15 is 0 Å². The first-order valence-corrected chi connectivity index (χ1v) is 9.46. The van der Waals surface area contributed by atoms with Crippen molar-refractivity contribution in [1.82, 2.24) is 20.1 Å². The number of fused-ring (bicyclic) bond motifs is 1. The minimum atomic E-state index is -0.328. The number of hydrogen-bond acceptors (Lipinski definition) is 6. The number of para-hydroxylation sites is 2. The summed E-state index contributed by atoms with van der Waals surface area (Å²) in [7, 11) is 0. The molecule has 1 N–H and O–H groups in total. The molecule has 2 saturated heterocycles. The summed E-state index contributed by atoms with van der Waals surface area (Å²) in [6, 6.07) is 7.02. The van der Waals surface area contributed by atoms with Crippen molar-refractivity contribution < 1.29 is 18.8 Å². The summed E-state index contributed by atoms with van der Waals surface area (Å²) in [6.45, 7) is 1.14. The third-order valence-electron chi connectivity index (χ3n) is 4.65. The van der Waals surface area contributed by atoms with Crippen molar-refractivity contribution in [1.29, 1.82) is 0 Å². The fraction of sp³-hybridized carbons (Fsp3) is 0.412. The van der Waals surface area contributed by atoms with Crippen molar-refractivity contribution in [2.45, 2.75) is 24.1 Å². The van der Waals surface area contributed by atoms with Gasteiger partial charge < -0.3 is 14.6 Å². The molecule has 2 aliphatic heterocycles. The number of nitrogens with one attached hydrogen (secondary N) is 1. The first-order chi connectivity index (χ1) is 12.6. The second kappa shape index (κ2) is 6.99. The van der Waals surface area contributed by atoms with Gasteiger partial charge in [-0.25, -0.2) is 9.78 Å². The lowest BCUT2D eigenvalue weighted by atomic mass is 10.0. The van der Waals surface area contributed by atoms with Gasteiger partial charge in [-0.2, -0.15) is 0 Å². The Kier molecular flexibility index (Phi) is 4.54. The maximum Gasteiger partial charge on any atom is 0.324 e. The van der Waals surface area contributed by atoms with Gasteiger partial charge in [-0.05, 0) is 25.0 Å². The van der Waals surface area contributed by atoms with Crippen LogP contribution in [0.5, 0.6) is 0 Å². The average molecular weight is 374 g/mol. The number of benzene rings is 1. The van der Waals surface area contributed by atoms with Crippen LogP contribution in [0.2, 0.25) is 0 Å². The lowest BCUT2D eigenvalue weighted by Gasteiger charge is -2.35. The topological polar surface area (TPSA) is 95.8 Å². The Balaban J connectivity index is 1.29. The van der Waals surface area contributed by atoms with Gasteiger partial charge >= 0.3 is 6.03 Å². The van der Waals surface area contributed by atoms with Gasteiger partial charge in [0.05, 0.1) is 12.3 Å².